The quantitative estimate of drug-likeness (QED) is 0.0419. The Labute approximate surface area is 593 Å². The van der Waals surface area contributed by atoms with Crippen molar-refractivity contribution in [2.24, 2.45) is 23.2 Å². The molecule has 22 nitrogen and oxygen atoms in total. The third-order valence-corrected chi connectivity index (χ3v) is 19.9. The number of rotatable bonds is 27. The van der Waals surface area contributed by atoms with Gasteiger partial charge in [0.2, 0.25) is 0 Å². The van der Waals surface area contributed by atoms with E-state index in [-0.39, 0.29) is 79.0 Å². The summed E-state index contributed by atoms with van der Waals surface area (Å²) < 4.78 is 57.7. The highest BCUT2D eigenvalue weighted by Gasteiger charge is 2.52. The zero-order chi connectivity index (χ0) is 74.5. The van der Waals surface area contributed by atoms with Crippen LogP contribution < -0.4 is 0 Å². The van der Waals surface area contributed by atoms with Crippen molar-refractivity contribution in [1.29, 1.82) is 0 Å². The molecule has 0 unspecified atom stereocenters. The van der Waals surface area contributed by atoms with Gasteiger partial charge in [-0.3, -0.25) is 24.0 Å². The average molecular weight is 1410 g/mol. The summed E-state index contributed by atoms with van der Waals surface area (Å²) >= 11 is 0. The molecule has 9 aliphatic rings. The first-order valence-corrected chi connectivity index (χ1v) is 36.4. The third-order valence-electron chi connectivity index (χ3n) is 19.9. The molecule has 0 atom stereocenters. The maximum Gasteiger partial charge on any atom is 0.344 e. The first-order valence-electron chi connectivity index (χ1n) is 36.4. The van der Waals surface area contributed by atoms with Gasteiger partial charge in [0.05, 0.1) is 65.1 Å². The number of hydrogen-bond donors (Lipinski definition) is 0. The van der Waals surface area contributed by atoms with E-state index >= 15 is 0 Å². The van der Waals surface area contributed by atoms with Crippen molar-refractivity contribution >= 4 is 65.7 Å². The van der Waals surface area contributed by atoms with Crippen LogP contribution in [0, 0.1) is 23.2 Å². The Bertz CT molecular complexity index is 2840. The molecule has 0 heterocycles. The fourth-order valence-electron chi connectivity index (χ4n) is 15.5. The van der Waals surface area contributed by atoms with E-state index < -0.39 is 70.4 Å². The zero-order valence-corrected chi connectivity index (χ0v) is 62.0. The van der Waals surface area contributed by atoms with E-state index in [0.29, 0.717) is 55.0 Å². The van der Waals surface area contributed by atoms with Gasteiger partial charge in [0, 0.05) is 33.3 Å². The van der Waals surface area contributed by atoms with E-state index in [1.807, 2.05) is 13.8 Å². The minimum Gasteiger partial charge on any atom is -0.469 e. The summed E-state index contributed by atoms with van der Waals surface area (Å²) in [6.07, 6.45) is 27.3. The first-order chi connectivity index (χ1) is 47.1. The maximum atomic E-state index is 12.6. The van der Waals surface area contributed by atoms with Crippen LogP contribution in [0.4, 0.5) is 0 Å². The molecule has 4 bridgehead atoms. The molecule has 0 aromatic carbocycles. The largest absolute Gasteiger partial charge is 0.469 e. The molecule has 0 spiro atoms. The smallest absolute Gasteiger partial charge is 0.344 e. The van der Waals surface area contributed by atoms with Crippen molar-refractivity contribution in [3.8, 4) is 0 Å². The Kier molecular flexibility index (Phi) is 34.5. The van der Waals surface area contributed by atoms with Gasteiger partial charge in [0.1, 0.15) is 28.0 Å². The highest BCUT2D eigenvalue weighted by atomic mass is 16.6. The van der Waals surface area contributed by atoms with E-state index in [1.54, 1.807) is 41.5 Å². The highest BCUT2D eigenvalue weighted by molar-refractivity contribution is 5.90. The molecule has 0 aromatic heterocycles. The van der Waals surface area contributed by atoms with E-state index in [1.165, 1.54) is 52.6 Å². The van der Waals surface area contributed by atoms with Gasteiger partial charge >= 0.3 is 65.7 Å². The van der Waals surface area contributed by atoms with E-state index in [2.05, 4.69) is 37.6 Å². The number of hydrogen-bond acceptors (Lipinski definition) is 22. The number of esters is 11. The van der Waals surface area contributed by atoms with Crippen LogP contribution >= 0.6 is 0 Å². The molecule has 9 rings (SSSR count). The molecule has 562 valence electrons. The Hall–Kier alpha value is -7.13. The zero-order valence-electron chi connectivity index (χ0n) is 62.0. The van der Waals surface area contributed by atoms with Crippen molar-refractivity contribution in [2.45, 2.75) is 308 Å². The minimum absolute atomic E-state index is 0.0314. The van der Waals surface area contributed by atoms with Gasteiger partial charge in [0.25, 0.3) is 0 Å². The van der Waals surface area contributed by atoms with Crippen molar-refractivity contribution in [3.05, 3.63) is 60.8 Å². The SMILES string of the molecule is C=C(C)C(=O)OC1(CC(=O)OC(C)C)CCCCC1.C=C(C)C(=O)OC1(CC(=O)OCC)CCCC1.C=C(C)C(=O)OC1(CC(=O)OCC)CCCCC1.C=C(C)C(=O)OC1(CC(=O)OCC23CC4CC(CC(C4)C2)C3)CCCC1.C=C(C)C(=O)OCC(=O)OC1(CC(=O)OC)CCCC1. The number of ether oxygens (including phenoxy) is 11. The molecule has 9 fully saturated rings. The van der Waals surface area contributed by atoms with Crippen molar-refractivity contribution in [2.75, 3.05) is 33.5 Å². The molecular formula is C78H118O22. The Morgan fingerprint density at radius 2 is 0.620 bits per heavy atom. The predicted molar refractivity (Wildman–Crippen MR) is 372 cm³/mol. The number of carbonyl (C=O) groups excluding carboxylic acids is 11. The Balaban J connectivity index is 0.000000268. The third kappa shape index (κ3) is 28.7. The average Bonchev–Trinajstić information content (AvgIpc) is 0.925. The van der Waals surface area contributed by atoms with Crippen LogP contribution in [0.3, 0.4) is 0 Å². The summed E-state index contributed by atoms with van der Waals surface area (Å²) in [5, 5.41) is 0. The summed E-state index contributed by atoms with van der Waals surface area (Å²) in [4.78, 5) is 129. The molecule has 0 amide bonds. The number of carbonyl (C=O) groups is 11. The van der Waals surface area contributed by atoms with E-state index in [0.717, 1.165) is 146 Å². The van der Waals surface area contributed by atoms with Gasteiger partial charge in [0.15, 0.2) is 6.61 Å². The highest BCUT2D eigenvalue weighted by Crippen LogP contribution is 2.60. The molecule has 100 heavy (non-hydrogen) atoms. The lowest BCUT2D eigenvalue weighted by atomic mass is 9.50. The lowest BCUT2D eigenvalue weighted by Gasteiger charge is -2.56. The number of methoxy groups -OCH3 is 1. The topological polar surface area (TPSA) is 289 Å². The second-order valence-corrected chi connectivity index (χ2v) is 29.9. The normalized spacial score (nSPS) is 22.4. The molecule has 22 heteroatoms. The van der Waals surface area contributed by atoms with Gasteiger partial charge in [-0.2, -0.15) is 0 Å². The molecule has 0 N–H and O–H groups in total. The van der Waals surface area contributed by atoms with Crippen LogP contribution in [0.25, 0.3) is 0 Å². The lowest BCUT2D eigenvalue weighted by Crippen LogP contribution is -2.48. The van der Waals surface area contributed by atoms with Crippen LogP contribution in [0.15, 0.2) is 60.8 Å². The van der Waals surface area contributed by atoms with Crippen LogP contribution in [0.2, 0.25) is 0 Å². The Morgan fingerprint density at radius 1 is 0.350 bits per heavy atom. The molecular weight excluding hydrogens is 1290 g/mol. The summed E-state index contributed by atoms with van der Waals surface area (Å²) in [5.74, 6) is -1.88. The fourth-order valence-corrected chi connectivity index (χ4v) is 15.5. The second-order valence-electron chi connectivity index (χ2n) is 29.9. The maximum absolute atomic E-state index is 12.6. The van der Waals surface area contributed by atoms with Gasteiger partial charge in [-0.25, -0.2) is 28.8 Å². The van der Waals surface area contributed by atoms with Gasteiger partial charge in [-0.15, -0.1) is 0 Å². The monoisotopic (exact) mass is 1410 g/mol. The molecule has 0 radical (unpaired) electrons. The second kappa shape index (κ2) is 40.5. The Morgan fingerprint density at radius 3 is 0.900 bits per heavy atom. The van der Waals surface area contributed by atoms with Crippen molar-refractivity contribution < 1.29 is 105 Å². The summed E-state index contributed by atoms with van der Waals surface area (Å²) in [6.45, 7) is 33.7. The molecule has 0 saturated heterocycles. The summed E-state index contributed by atoms with van der Waals surface area (Å²) in [5.41, 5.74) is -1.61. The summed E-state index contributed by atoms with van der Waals surface area (Å²) in [6, 6.07) is 0. The van der Waals surface area contributed by atoms with E-state index in [9.17, 15) is 52.7 Å². The summed E-state index contributed by atoms with van der Waals surface area (Å²) in [7, 11) is 1.29. The first kappa shape index (κ1) is 85.3. The van der Waals surface area contributed by atoms with Gasteiger partial charge in [-0.05, 0) is 247 Å². The van der Waals surface area contributed by atoms with Crippen molar-refractivity contribution in [1.82, 2.24) is 0 Å². The molecule has 0 aliphatic heterocycles. The molecule has 9 aliphatic carbocycles. The van der Waals surface area contributed by atoms with E-state index in [4.69, 9.17) is 47.4 Å². The van der Waals surface area contributed by atoms with Crippen LogP contribution in [-0.2, 0) is 105 Å². The van der Waals surface area contributed by atoms with Crippen LogP contribution in [-0.4, -0.2) is 133 Å². The van der Waals surface area contributed by atoms with Crippen molar-refractivity contribution in [3.63, 3.8) is 0 Å². The van der Waals surface area contributed by atoms with Crippen LogP contribution in [0.5, 0.6) is 0 Å². The van der Waals surface area contributed by atoms with Gasteiger partial charge in [-0.1, -0.05) is 45.7 Å². The van der Waals surface area contributed by atoms with Gasteiger partial charge < -0.3 is 52.1 Å². The molecule has 0 aromatic rings. The molecule has 9 saturated carbocycles. The fraction of sp³-hybridized carbons (Fsp3) is 0.731. The van der Waals surface area contributed by atoms with Crippen LogP contribution in [0.1, 0.15) is 274 Å². The minimum atomic E-state index is -0.820. The lowest BCUT2D eigenvalue weighted by molar-refractivity contribution is -0.173. The predicted octanol–water partition coefficient (Wildman–Crippen LogP) is 14.4. The standard InChI is InChI=1S/C22H32O4.C15H24O4.C14H20O6.C14H22O4.C13H20O4/c1-15(2)20(24)26-22(5-3-4-6-22)13-19(23)25-14-21-10-16-7-17(11-21)9-18(8-16)12-21;1-11(2)14(17)19-15(8-6-5-7-9-15)10-13(16)18-12(3)4;1-10(2)13(17)19-9-12(16)20-14(6-4-5-7-14)8-11(15)18-3;1-4-17-12(15)10-14(8-6-5-7-9-14)18-13(16)11(2)3;1-4-16-11(14)9-13(7-5-6-8-13)17-12(15)10(2)3/h16-18H,1,3-14H2,2H3;12H,1,5-10H2,2-4H3;1,4-9H2,2-3H3;2,4-10H2,1,3H3;2,4-9H2,1,3H3.